The highest BCUT2D eigenvalue weighted by molar-refractivity contribution is 9.10. The predicted molar refractivity (Wildman–Crippen MR) is 78.7 cm³/mol. The molecule has 0 fully saturated rings. The van der Waals surface area contributed by atoms with E-state index >= 15 is 0 Å². The van der Waals surface area contributed by atoms with Crippen molar-refractivity contribution in [2.24, 2.45) is 12.0 Å². The fraction of sp³-hybridized carbons (Fsp3) is 0.0769. The molecular formula is C13H9BrN2O2S. The van der Waals surface area contributed by atoms with Crippen LogP contribution >= 0.6 is 27.3 Å². The lowest BCUT2D eigenvalue weighted by molar-refractivity contribution is 0.428. The first-order chi connectivity index (χ1) is 9.06. The summed E-state index contributed by atoms with van der Waals surface area (Å²) in [6, 6.07) is 3.89. The van der Waals surface area contributed by atoms with Gasteiger partial charge in [0.1, 0.15) is 0 Å². The van der Waals surface area contributed by atoms with E-state index in [9.17, 15) is 9.90 Å². The summed E-state index contributed by atoms with van der Waals surface area (Å²) in [4.78, 5) is 16.1. The van der Waals surface area contributed by atoms with Crippen LogP contribution in [0.3, 0.4) is 0 Å². The van der Waals surface area contributed by atoms with E-state index in [4.69, 9.17) is 0 Å². The lowest BCUT2D eigenvalue weighted by Crippen LogP contribution is -2.12. The van der Waals surface area contributed by atoms with E-state index in [-0.39, 0.29) is 10.8 Å². The lowest BCUT2D eigenvalue weighted by Gasteiger charge is -1.97. The van der Waals surface area contributed by atoms with Gasteiger partial charge in [0.05, 0.1) is 10.2 Å². The summed E-state index contributed by atoms with van der Waals surface area (Å²) < 4.78 is 2.11. The van der Waals surface area contributed by atoms with Crippen molar-refractivity contribution in [3.8, 4) is 5.88 Å². The van der Waals surface area contributed by atoms with Gasteiger partial charge in [-0.2, -0.15) is 0 Å². The van der Waals surface area contributed by atoms with Crippen LogP contribution in [0.1, 0.15) is 10.4 Å². The molecule has 1 aromatic heterocycles. The fourth-order valence-corrected chi connectivity index (χ4v) is 3.12. The summed E-state index contributed by atoms with van der Waals surface area (Å²) in [5.74, 6) is -0.0115. The minimum Gasteiger partial charge on any atom is -0.493 e. The highest BCUT2D eigenvalue weighted by Crippen LogP contribution is 2.19. The molecule has 0 saturated heterocycles. The van der Waals surface area contributed by atoms with Gasteiger partial charge >= 0.3 is 4.87 Å². The van der Waals surface area contributed by atoms with Crippen LogP contribution in [0.25, 0.3) is 12.2 Å². The van der Waals surface area contributed by atoms with Gasteiger partial charge in [0, 0.05) is 23.3 Å². The normalized spacial score (nSPS) is 13.7. The van der Waals surface area contributed by atoms with Crippen molar-refractivity contribution >= 4 is 39.4 Å². The van der Waals surface area contributed by atoms with E-state index in [1.165, 1.54) is 4.57 Å². The number of fused-ring (bicyclic) bond motifs is 1. The molecule has 0 spiro atoms. The van der Waals surface area contributed by atoms with Gasteiger partial charge in [-0.15, -0.1) is 0 Å². The molecule has 0 atom stereocenters. The second kappa shape index (κ2) is 4.47. The Morgan fingerprint density at radius 2 is 2.26 bits per heavy atom. The molecule has 1 aliphatic rings. The van der Waals surface area contributed by atoms with Gasteiger partial charge in [0.25, 0.3) is 0 Å². The first-order valence-electron chi connectivity index (χ1n) is 5.51. The quantitative estimate of drug-likeness (QED) is 0.854. The SMILES string of the molecule is Cn1c(O)c(/C=c2\cc3c(cc2Br)=NC=C3)sc1=O. The Labute approximate surface area is 120 Å². The van der Waals surface area contributed by atoms with Crippen LogP contribution in [-0.4, -0.2) is 9.67 Å². The molecule has 2 aromatic rings. The Kier molecular flexibility index (Phi) is 2.91. The van der Waals surface area contributed by atoms with Crippen molar-refractivity contribution in [2.75, 3.05) is 0 Å². The molecule has 4 nitrogen and oxygen atoms in total. The van der Waals surface area contributed by atoms with Crippen LogP contribution in [0.4, 0.5) is 0 Å². The molecule has 1 N–H and O–H groups in total. The third-order valence-electron chi connectivity index (χ3n) is 2.91. The minimum atomic E-state index is -0.184. The maximum Gasteiger partial charge on any atom is 0.310 e. The highest BCUT2D eigenvalue weighted by atomic mass is 79.9. The van der Waals surface area contributed by atoms with Gasteiger partial charge in [-0.25, -0.2) is 0 Å². The van der Waals surface area contributed by atoms with Crippen molar-refractivity contribution in [2.45, 2.75) is 0 Å². The molecule has 96 valence electrons. The topological polar surface area (TPSA) is 54.6 Å². The molecule has 19 heavy (non-hydrogen) atoms. The zero-order chi connectivity index (χ0) is 13.6. The van der Waals surface area contributed by atoms with E-state index in [2.05, 4.69) is 20.9 Å². The number of aromatic nitrogens is 1. The molecule has 2 heterocycles. The number of thiazole rings is 1. The molecule has 0 aliphatic carbocycles. The largest absolute Gasteiger partial charge is 0.493 e. The van der Waals surface area contributed by atoms with Crippen molar-refractivity contribution in [3.05, 3.63) is 53.5 Å². The van der Waals surface area contributed by atoms with Crippen LogP contribution in [0, 0.1) is 0 Å². The number of benzene rings is 1. The Bertz CT molecular complexity index is 877. The van der Waals surface area contributed by atoms with Crippen molar-refractivity contribution in [1.82, 2.24) is 4.57 Å². The van der Waals surface area contributed by atoms with Crippen LogP contribution < -0.4 is 15.4 Å². The average Bonchev–Trinajstić information content (AvgIpc) is 2.91. The second-order valence-corrected chi connectivity index (χ2v) is 5.98. The van der Waals surface area contributed by atoms with E-state index in [1.54, 1.807) is 19.3 Å². The molecular weight excluding hydrogens is 328 g/mol. The Balaban J connectivity index is 2.25. The zero-order valence-electron chi connectivity index (χ0n) is 9.92. The molecule has 0 saturated carbocycles. The maximum atomic E-state index is 11.5. The van der Waals surface area contributed by atoms with E-state index in [0.717, 1.165) is 31.9 Å². The summed E-state index contributed by atoms with van der Waals surface area (Å²) in [7, 11) is 1.55. The number of aromatic hydroxyl groups is 1. The Hall–Kier alpha value is -1.66. The van der Waals surface area contributed by atoms with E-state index < -0.39 is 0 Å². The van der Waals surface area contributed by atoms with Gasteiger partial charge in [0.2, 0.25) is 5.88 Å². The van der Waals surface area contributed by atoms with Gasteiger partial charge in [-0.05, 0) is 29.5 Å². The standard InChI is InChI=1S/C13H9BrN2O2S/c1-16-12(17)11(19-13(16)18)5-8-4-7-2-3-15-10(7)6-9(8)14/h2-6,17H,1H3/b8-5+. The third kappa shape index (κ3) is 2.06. The molecule has 0 radical (unpaired) electrons. The second-order valence-electron chi connectivity index (χ2n) is 4.14. The Morgan fingerprint density at radius 3 is 2.95 bits per heavy atom. The van der Waals surface area contributed by atoms with Gasteiger partial charge in [-0.3, -0.25) is 14.4 Å². The molecule has 1 aliphatic heterocycles. The number of rotatable bonds is 1. The number of halogens is 1. The molecule has 3 rings (SSSR count). The van der Waals surface area contributed by atoms with Gasteiger partial charge < -0.3 is 5.11 Å². The number of hydrogen-bond donors (Lipinski definition) is 1. The fourth-order valence-electron chi connectivity index (χ4n) is 1.85. The summed E-state index contributed by atoms with van der Waals surface area (Å²) >= 11 is 4.49. The van der Waals surface area contributed by atoms with Crippen LogP contribution in [-0.2, 0) is 7.05 Å². The van der Waals surface area contributed by atoms with Crippen molar-refractivity contribution in [1.29, 1.82) is 0 Å². The van der Waals surface area contributed by atoms with Crippen molar-refractivity contribution < 1.29 is 5.11 Å². The van der Waals surface area contributed by atoms with E-state index in [1.807, 2.05) is 18.2 Å². The monoisotopic (exact) mass is 336 g/mol. The first-order valence-corrected chi connectivity index (χ1v) is 7.11. The van der Waals surface area contributed by atoms with Crippen LogP contribution in [0.5, 0.6) is 5.88 Å². The van der Waals surface area contributed by atoms with E-state index in [0.29, 0.717) is 4.88 Å². The smallest absolute Gasteiger partial charge is 0.310 e. The molecule has 0 amide bonds. The predicted octanol–water partition coefficient (Wildman–Crippen LogP) is 1.35. The molecule has 0 bridgehead atoms. The third-order valence-corrected chi connectivity index (χ3v) is 4.57. The molecule has 1 aromatic carbocycles. The number of hydrogen-bond acceptors (Lipinski definition) is 4. The Morgan fingerprint density at radius 1 is 1.47 bits per heavy atom. The highest BCUT2D eigenvalue weighted by Gasteiger charge is 2.09. The average molecular weight is 337 g/mol. The number of nitrogens with zero attached hydrogens (tertiary/aromatic N) is 2. The van der Waals surface area contributed by atoms with Crippen LogP contribution in [0.2, 0.25) is 0 Å². The van der Waals surface area contributed by atoms with Gasteiger partial charge in [0.15, 0.2) is 0 Å². The summed E-state index contributed by atoms with van der Waals surface area (Å²) in [6.07, 6.45) is 5.46. The first kappa shape index (κ1) is 12.4. The van der Waals surface area contributed by atoms with Crippen molar-refractivity contribution in [3.63, 3.8) is 0 Å². The van der Waals surface area contributed by atoms with Crippen LogP contribution in [0.15, 0.2) is 32.6 Å². The van der Waals surface area contributed by atoms with Gasteiger partial charge in [-0.1, -0.05) is 27.3 Å². The summed E-state index contributed by atoms with van der Waals surface area (Å²) in [6.45, 7) is 0. The molecule has 0 unspecified atom stereocenters. The zero-order valence-corrected chi connectivity index (χ0v) is 12.3. The minimum absolute atomic E-state index is 0.0115. The summed E-state index contributed by atoms with van der Waals surface area (Å²) in [5, 5.41) is 11.7. The lowest BCUT2D eigenvalue weighted by atomic mass is 10.2. The summed E-state index contributed by atoms with van der Waals surface area (Å²) in [5.41, 5.74) is 1.03. The maximum absolute atomic E-state index is 11.5. The molecule has 6 heteroatoms.